The number of carbonyl (C=O) groups excluding carboxylic acids is 2. The Kier molecular flexibility index (Phi) is 9.63. The van der Waals surface area contributed by atoms with E-state index in [9.17, 15) is 9.59 Å². The van der Waals surface area contributed by atoms with E-state index in [4.69, 9.17) is 19.0 Å². The summed E-state index contributed by atoms with van der Waals surface area (Å²) in [5.74, 6) is 1.86. The van der Waals surface area contributed by atoms with Crippen LogP contribution in [0, 0.1) is 0 Å². The van der Waals surface area contributed by atoms with Gasteiger partial charge in [0.25, 0.3) is 0 Å². The second-order valence-corrected chi connectivity index (χ2v) is 11.9. The van der Waals surface area contributed by atoms with E-state index in [1.54, 1.807) is 33.1 Å². The molecule has 3 unspecified atom stereocenters. The summed E-state index contributed by atoms with van der Waals surface area (Å²) in [5.41, 5.74) is 3.09. The Balaban J connectivity index is 1.57. The van der Waals surface area contributed by atoms with Gasteiger partial charge in [-0.25, -0.2) is 14.1 Å². The third kappa shape index (κ3) is 7.04. The Morgan fingerprint density at radius 2 is 1.66 bits per heavy atom. The molecule has 3 aromatic carbocycles. The third-order valence-corrected chi connectivity index (χ3v) is 9.08. The highest BCUT2D eigenvalue weighted by molar-refractivity contribution is 7.99. The van der Waals surface area contributed by atoms with Crippen LogP contribution in [-0.2, 0) is 20.8 Å². The fourth-order valence-electron chi connectivity index (χ4n) is 5.23. The molecule has 1 aliphatic heterocycles. The predicted molar refractivity (Wildman–Crippen MR) is 161 cm³/mol. The average molecular weight is 581 g/mol. The number of rotatable bonds is 11. The molecule has 0 aliphatic carbocycles. The van der Waals surface area contributed by atoms with Crippen molar-refractivity contribution in [2.45, 2.75) is 29.9 Å². The van der Waals surface area contributed by atoms with E-state index in [0.717, 1.165) is 27.5 Å². The van der Waals surface area contributed by atoms with Gasteiger partial charge in [0.1, 0.15) is 25.9 Å². The standard InChI is InChI=1S/C32H40N2O6S/c1-23(35)40-33(2,18-17-24-11-16-28(38-5)29(21-24)39-6)19-20-34(3)27-9-7-8-10-30(27)41-31(22-32(34)36)25-12-14-26(37-4)15-13-25/h7-16,21,31H,17-20,22H2,1-6H3/q+2. The maximum Gasteiger partial charge on any atom is 0.363 e. The van der Waals surface area contributed by atoms with E-state index < -0.39 is 0 Å². The lowest BCUT2D eigenvalue weighted by Crippen LogP contribution is -2.58. The molecule has 0 radical (unpaired) electrons. The number of hydrogen-bond acceptors (Lipinski definition) is 7. The Labute approximate surface area is 246 Å². The SMILES string of the molecule is COc1ccc(C2CC(=O)[N+](C)(CC[N+](C)(CCc3ccc(OC)c(OC)c3)OC(C)=O)c3ccccc3S2)cc1. The van der Waals surface area contributed by atoms with E-state index in [1.165, 1.54) is 6.92 Å². The Morgan fingerprint density at radius 3 is 2.32 bits per heavy atom. The molecule has 3 atom stereocenters. The number of hydroxylamine groups is 3. The summed E-state index contributed by atoms with van der Waals surface area (Å²) in [6.07, 6.45) is 1.03. The third-order valence-electron chi connectivity index (χ3n) is 7.75. The average Bonchev–Trinajstić information content (AvgIpc) is 3.08. The van der Waals surface area contributed by atoms with Gasteiger partial charge < -0.3 is 14.2 Å². The first kappa shape index (κ1) is 30.4. The van der Waals surface area contributed by atoms with Gasteiger partial charge in [-0.15, -0.1) is 16.4 Å². The van der Waals surface area contributed by atoms with Gasteiger partial charge in [-0.05, 0) is 41.5 Å². The van der Waals surface area contributed by atoms with Crippen LogP contribution < -0.4 is 18.7 Å². The van der Waals surface area contributed by atoms with Crippen molar-refractivity contribution in [3.8, 4) is 17.2 Å². The summed E-state index contributed by atoms with van der Waals surface area (Å²) in [6, 6.07) is 21.9. The highest BCUT2D eigenvalue weighted by Gasteiger charge is 2.44. The van der Waals surface area contributed by atoms with E-state index >= 15 is 0 Å². The fourth-order valence-corrected chi connectivity index (χ4v) is 6.60. The summed E-state index contributed by atoms with van der Waals surface area (Å²) in [7, 11) is 8.74. The maximum absolute atomic E-state index is 14.0. The van der Waals surface area contributed by atoms with E-state index in [2.05, 4.69) is 6.07 Å². The van der Waals surface area contributed by atoms with E-state index in [-0.39, 0.29) is 26.3 Å². The van der Waals surface area contributed by atoms with Crippen LogP contribution in [0.3, 0.4) is 0 Å². The highest BCUT2D eigenvalue weighted by atomic mass is 32.2. The number of ether oxygens (including phenoxy) is 3. The van der Waals surface area contributed by atoms with Crippen molar-refractivity contribution in [2.24, 2.45) is 0 Å². The molecule has 0 aromatic heterocycles. The van der Waals surface area contributed by atoms with Crippen molar-refractivity contribution in [1.29, 1.82) is 0 Å². The highest BCUT2D eigenvalue weighted by Crippen LogP contribution is 2.47. The van der Waals surface area contributed by atoms with Gasteiger partial charge in [-0.1, -0.05) is 30.3 Å². The number of amides is 1. The van der Waals surface area contributed by atoms with Crippen molar-refractivity contribution in [3.63, 3.8) is 0 Å². The molecule has 0 saturated heterocycles. The summed E-state index contributed by atoms with van der Waals surface area (Å²) in [5, 5.41) is -0.0195. The number of fused-ring (bicyclic) bond motifs is 1. The number of methoxy groups -OCH3 is 3. The van der Waals surface area contributed by atoms with Gasteiger partial charge >= 0.3 is 11.9 Å². The molecule has 8 nitrogen and oxygen atoms in total. The van der Waals surface area contributed by atoms with E-state index in [0.29, 0.717) is 44.0 Å². The number of likely N-dealkylation sites (N-methyl/N-ethyl adjacent to an activating group) is 2. The van der Waals surface area contributed by atoms with E-state index in [1.807, 2.05) is 74.8 Å². The van der Waals surface area contributed by atoms with Crippen LogP contribution in [0.1, 0.15) is 29.7 Å². The molecule has 0 bridgehead atoms. The molecule has 3 aromatic rings. The zero-order valence-corrected chi connectivity index (χ0v) is 25.5. The zero-order chi connectivity index (χ0) is 29.6. The summed E-state index contributed by atoms with van der Waals surface area (Å²) >= 11 is 1.72. The zero-order valence-electron chi connectivity index (χ0n) is 24.7. The van der Waals surface area contributed by atoms with Crippen molar-refractivity contribution < 1.29 is 33.3 Å². The number of benzene rings is 3. The first-order valence-electron chi connectivity index (χ1n) is 13.7. The van der Waals surface area contributed by atoms with Gasteiger partial charge in [-0.3, -0.25) is 4.84 Å². The summed E-state index contributed by atoms with van der Waals surface area (Å²) in [6.45, 7) is 2.89. The van der Waals surface area contributed by atoms with Crippen LogP contribution in [0.5, 0.6) is 17.2 Å². The van der Waals surface area contributed by atoms with Crippen LogP contribution >= 0.6 is 11.8 Å². The molecule has 0 saturated carbocycles. The number of thioether (sulfide) groups is 1. The van der Waals surface area contributed by atoms with Crippen LogP contribution in [-0.4, -0.2) is 71.6 Å². The smallest absolute Gasteiger partial charge is 0.363 e. The van der Waals surface area contributed by atoms with Gasteiger partial charge in [-0.2, -0.15) is 0 Å². The second kappa shape index (κ2) is 13.0. The number of para-hydroxylation sites is 1. The summed E-state index contributed by atoms with van der Waals surface area (Å²) in [4.78, 5) is 33.2. The van der Waals surface area contributed by atoms with Crippen molar-refractivity contribution in [1.82, 2.24) is 4.48 Å². The monoisotopic (exact) mass is 580 g/mol. The van der Waals surface area contributed by atoms with Crippen LogP contribution in [0.25, 0.3) is 0 Å². The minimum atomic E-state index is -0.361. The molecular formula is C32H40N2O6S+2. The van der Waals surface area contributed by atoms with Gasteiger partial charge in [0.05, 0.1) is 39.7 Å². The minimum Gasteiger partial charge on any atom is -0.497 e. The number of quaternary nitrogens is 2. The molecular weight excluding hydrogens is 540 g/mol. The van der Waals surface area contributed by atoms with Crippen LogP contribution in [0.4, 0.5) is 5.69 Å². The van der Waals surface area contributed by atoms with Crippen LogP contribution in [0.15, 0.2) is 71.6 Å². The predicted octanol–water partition coefficient (Wildman–Crippen LogP) is 5.58. The second-order valence-electron chi connectivity index (χ2n) is 10.6. The maximum atomic E-state index is 14.0. The Morgan fingerprint density at radius 1 is 0.951 bits per heavy atom. The van der Waals surface area contributed by atoms with Crippen molar-refractivity contribution in [3.05, 3.63) is 77.9 Å². The molecule has 1 amide bonds. The fraction of sp³-hybridized carbons (Fsp3) is 0.375. The number of carbonyl (C=O) groups is 2. The minimum absolute atomic E-state index is 0.0195. The molecule has 4 rings (SSSR count). The first-order chi connectivity index (χ1) is 19.6. The molecule has 1 heterocycles. The molecule has 41 heavy (non-hydrogen) atoms. The van der Waals surface area contributed by atoms with Crippen molar-refractivity contribution >= 4 is 29.3 Å². The Hall–Kier alpha value is -3.53. The van der Waals surface area contributed by atoms with Crippen molar-refractivity contribution in [2.75, 3.05) is 55.1 Å². The normalized spacial score (nSPS) is 19.9. The van der Waals surface area contributed by atoms with Gasteiger partial charge in [0.2, 0.25) is 0 Å². The molecule has 0 fully saturated rings. The number of nitrogens with zero attached hydrogens (tertiary/aromatic N) is 2. The quantitative estimate of drug-likeness (QED) is 0.217. The number of hydrogen-bond donors (Lipinski definition) is 0. The topological polar surface area (TPSA) is 71.1 Å². The van der Waals surface area contributed by atoms with Crippen LogP contribution in [0.2, 0.25) is 0 Å². The lowest BCUT2D eigenvalue weighted by Gasteiger charge is -2.36. The summed E-state index contributed by atoms with van der Waals surface area (Å²) < 4.78 is 16.3. The largest absolute Gasteiger partial charge is 0.497 e. The first-order valence-corrected chi connectivity index (χ1v) is 14.5. The molecule has 218 valence electrons. The molecule has 0 N–H and O–H groups in total. The van der Waals surface area contributed by atoms with Gasteiger partial charge in [0.15, 0.2) is 23.7 Å². The molecule has 9 heteroatoms. The lowest BCUT2D eigenvalue weighted by molar-refractivity contribution is -1.07. The van der Waals surface area contributed by atoms with Gasteiger partial charge in [0, 0.05) is 24.7 Å². The molecule has 0 spiro atoms. The Bertz CT molecular complexity index is 1380. The lowest BCUT2D eigenvalue weighted by atomic mass is 10.1. The molecule has 1 aliphatic rings.